The second-order valence-corrected chi connectivity index (χ2v) is 4.95. The summed E-state index contributed by atoms with van der Waals surface area (Å²) in [4.78, 5) is 15.1. The van der Waals surface area contributed by atoms with E-state index in [-0.39, 0.29) is 12.0 Å². The van der Waals surface area contributed by atoms with E-state index in [2.05, 4.69) is 9.80 Å². The third-order valence-electron chi connectivity index (χ3n) is 3.46. The van der Waals surface area contributed by atoms with Crippen LogP contribution in [0.4, 0.5) is 0 Å². The first-order valence-electron chi connectivity index (χ1n) is 6.06. The molecular formula is C11H21N3O2. The van der Waals surface area contributed by atoms with Crippen LogP contribution in [-0.2, 0) is 4.79 Å². The molecule has 2 aliphatic rings. The Morgan fingerprint density at radius 3 is 2.31 bits per heavy atom. The molecule has 0 radical (unpaired) electrons. The number of nitrogens with zero attached hydrogens (tertiary/aromatic N) is 2. The number of β-amino-alcohol motifs (C(OH)–C–C–N with tert-alkyl or cyclic N) is 1. The van der Waals surface area contributed by atoms with E-state index in [1.807, 2.05) is 0 Å². The minimum absolute atomic E-state index is 0.150. The highest BCUT2D eigenvalue weighted by atomic mass is 16.3. The summed E-state index contributed by atoms with van der Waals surface area (Å²) in [7, 11) is 0. The van der Waals surface area contributed by atoms with Crippen LogP contribution in [0.1, 0.15) is 12.8 Å². The number of hydrogen-bond acceptors (Lipinski definition) is 4. The van der Waals surface area contributed by atoms with Gasteiger partial charge in [0.25, 0.3) is 0 Å². The van der Waals surface area contributed by atoms with Crippen molar-refractivity contribution in [1.82, 2.24) is 9.80 Å². The van der Waals surface area contributed by atoms with Gasteiger partial charge in [0.15, 0.2) is 0 Å². The van der Waals surface area contributed by atoms with Gasteiger partial charge in [0, 0.05) is 32.7 Å². The summed E-state index contributed by atoms with van der Waals surface area (Å²) in [6.45, 7) is 4.75. The van der Waals surface area contributed by atoms with Gasteiger partial charge in [-0.2, -0.15) is 0 Å². The molecule has 0 aromatic heterocycles. The van der Waals surface area contributed by atoms with Gasteiger partial charge >= 0.3 is 0 Å². The maximum atomic E-state index is 10.8. The monoisotopic (exact) mass is 227 g/mol. The average Bonchev–Trinajstić information content (AvgIpc) is 3.03. The number of rotatable bonds is 5. The molecule has 16 heavy (non-hydrogen) atoms. The molecule has 1 saturated heterocycles. The zero-order valence-electron chi connectivity index (χ0n) is 9.64. The fourth-order valence-corrected chi connectivity index (χ4v) is 2.24. The van der Waals surface area contributed by atoms with Crippen LogP contribution in [0.15, 0.2) is 0 Å². The molecule has 5 nitrogen and oxygen atoms in total. The molecule has 2 fully saturated rings. The van der Waals surface area contributed by atoms with Crippen LogP contribution in [0.5, 0.6) is 0 Å². The molecule has 0 aromatic carbocycles. The topological polar surface area (TPSA) is 69.8 Å². The van der Waals surface area contributed by atoms with Crippen LogP contribution < -0.4 is 5.73 Å². The van der Waals surface area contributed by atoms with Crippen molar-refractivity contribution in [2.24, 2.45) is 11.7 Å². The van der Waals surface area contributed by atoms with Crippen LogP contribution in [0, 0.1) is 5.92 Å². The lowest BCUT2D eigenvalue weighted by molar-refractivity contribution is -0.119. The zero-order chi connectivity index (χ0) is 11.5. The first-order valence-corrected chi connectivity index (χ1v) is 6.06. The number of piperazine rings is 1. The van der Waals surface area contributed by atoms with Crippen molar-refractivity contribution in [3.05, 3.63) is 0 Å². The first kappa shape index (κ1) is 11.8. The molecule has 2 rings (SSSR count). The number of aliphatic hydroxyl groups is 1. The minimum atomic E-state index is -0.258. The zero-order valence-corrected chi connectivity index (χ0v) is 9.64. The van der Waals surface area contributed by atoms with Gasteiger partial charge in [0.1, 0.15) is 0 Å². The summed E-state index contributed by atoms with van der Waals surface area (Å²) in [6.07, 6.45) is 2.22. The number of nitrogens with two attached hydrogens (primary N) is 1. The SMILES string of the molecule is NC(=O)CN1CCN(CC(O)C2CC2)CC1. The first-order chi connectivity index (χ1) is 7.65. The molecule has 1 unspecified atom stereocenters. The van der Waals surface area contributed by atoms with E-state index in [0.29, 0.717) is 12.5 Å². The normalized spacial score (nSPS) is 25.6. The minimum Gasteiger partial charge on any atom is -0.392 e. The smallest absolute Gasteiger partial charge is 0.231 e. The Balaban J connectivity index is 1.66. The summed E-state index contributed by atoms with van der Waals surface area (Å²) in [5.41, 5.74) is 5.15. The summed E-state index contributed by atoms with van der Waals surface area (Å²) in [5, 5.41) is 9.82. The molecule has 0 bridgehead atoms. The van der Waals surface area contributed by atoms with Gasteiger partial charge in [-0.3, -0.25) is 14.6 Å². The predicted octanol–water partition coefficient (Wildman–Crippen LogP) is -1.14. The van der Waals surface area contributed by atoms with Crippen LogP contribution in [0.25, 0.3) is 0 Å². The third kappa shape index (κ3) is 3.43. The highest BCUT2D eigenvalue weighted by Gasteiger charge is 2.31. The maximum Gasteiger partial charge on any atom is 0.231 e. The van der Waals surface area contributed by atoms with E-state index < -0.39 is 0 Å². The molecule has 1 saturated carbocycles. The molecule has 1 heterocycles. The average molecular weight is 227 g/mol. The van der Waals surface area contributed by atoms with Crippen molar-refractivity contribution in [3.63, 3.8) is 0 Å². The molecule has 0 spiro atoms. The van der Waals surface area contributed by atoms with E-state index in [4.69, 9.17) is 5.73 Å². The van der Waals surface area contributed by atoms with E-state index in [1.165, 1.54) is 12.8 Å². The standard InChI is InChI=1S/C11H21N3O2/c12-11(16)8-14-5-3-13(4-6-14)7-10(15)9-1-2-9/h9-10,15H,1-8H2,(H2,12,16). The van der Waals surface area contributed by atoms with Crippen LogP contribution in [-0.4, -0.2) is 66.2 Å². The van der Waals surface area contributed by atoms with Crippen molar-refractivity contribution >= 4 is 5.91 Å². The van der Waals surface area contributed by atoms with E-state index >= 15 is 0 Å². The molecule has 1 atom stereocenters. The Morgan fingerprint density at radius 2 is 1.81 bits per heavy atom. The fraction of sp³-hybridized carbons (Fsp3) is 0.909. The number of primary amides is 1. The summed E-state index contributed by atoms with van der Waals surface area (Å²) < 4.78 is 0. The third-order valence-corrected chi connectivity index (χ3v) is 3.46. The van der Waals surface area contributed by atoms with Gasteiger partial charge in [0.05, 0.1) is 12.6 Å². The van der Waals surface area contributed by atoms with Crippen molar-refractivity contribution in [1.29, 1.82) is 0 Å². The lowest BCUT2D eigenvalue weighted by Gasteiger charge is -2.35. The highest BCUT2D eigenvalue weighted by molar-refractivity contribution is 5.75. The lowest BCUT2D eigenvalue weighted by atomic mass is 10.2. The van der Waals surface area contributed by atoms with Gasteiger partial charge in [0.2, 0.25) is 5.91 Å². The number of carbonyl (C=O) groups is 1. The molecule has 1 aliphatic carbocycles. The Hall–Kier alpha value is -0.650. The van der Waals surface area contributed by atoms with Crippen molar-refractivity contribution in [2.75, 3.05) is 39.3 Å². The number of hydrogen-bond donors (Lipinski definition) is 2. The molecule has 3 N–H and O–H groups in total. The van der Waals surface area contributed by atoms with Crippen LogP contribution in [0.3, 0.4) is 0 Å². The Bertz CT molecular complexity index is 248. The van der Waals surface area contributed by atoms with Gasteiger partial charge in [-0.1, -0.05) is 0 Å². The quantitative estimate of drug-likeness (QED) is 0.623. The van der Waals surface area contributed by atoms with Gasteiger partial charge in [-0.05, 0) is 18.8 Å². The highest BCUT2D eigenvalue weighted by Crippen LogP contribution is 2.32. The van der Waals surface area contributed by atoms with Crippen molar-refractivity contribution in [2.45, 2.75) is 18.9 Å². The van der Waals surface area contributed by atoms with E-state index in [9.17, 15) is 9.90 Å². The van der Waals surface area contributed by atoms with E-state index in [1.54, 1.807) is 0 Å². The molecule has 5 heteroatoms. The molecule has 1 amide bonds. The number of aliphatic hydroxyl groups excluding tert-OH is 1. The van der Waals surface area contributed by atoms with Crippen molar-refractivity contribution < 1.29 is 9.90 Å². The summed E-state index contributed by atoms with van der Waals surface area (Å²) >= 11 is 0. The molecular weight excluding hydrogens is 206 g/mol. The van der Waals surface area contributed by atoms with Crippen LogP contribution in [0.2, 0.25) is 0 Å². The maximum absolute atomic E-state index is 10.8. The second kappa shape index (κ2) is 5.12. The van der Waals surface area contributed by atoms with E-state index in [0.717, 1.165) is 32.7 Å². The molecule has 92 valence electrons. The second-order valence-electron chi connectivity index (χ2n) is 4.95. The number of amides is 1. The van der Waals surface area contributed by atoms with Crippen molar-refractivity contribution in [3.8, 4) is 0 Å². The fourth-order valence-electron chi connectivity index (χ4n) is 2.24. The largest absolute Gasteiger partial charge is 0.392 e. The van der Waals surface area contributed by atoms with Crippen LogP contribution >= 0.6 is 0 Å². The Labute approximate surface area is 96.2 Å². The lowest BCUT2D eigenvalue weighted by Crippen LogP contribution is -2.50. The number of carbonyl (C=O) groups excluding carboxylic acids is 1. The Morgan fingerprint density at radius 1 is 1.25 bits per heavy atom. The van der Waals surface area contributed by atoms with Gasteiger partial charge in [-0.25, -0.2) is 0 Å². The summed E-state index contributed by atoms with van der Waals surface area (Å²) in [5.74, 6) is 0.287. The predicted molar refractivity (Wildman–Crippen MR) is 60.8 cm³/mol. The Kier molecular flexibility index (Phi) is 3.78. The van der Waals surface area contributed by atoms with Gasteiger partial charge < -0.3 is 10.8 Å². The van der Waals surface area contributed by atoms with Gasteiger partial charge in [-0.15, -0.1) is 0 Å². The molecule has 0 aromatic rings. The molecule has 1 aliphatic heterocycles. The summed E-state index contributed by atoms with van der Waals surface area (Å²) in [6, 6.07) is 0.